The molecule has 0 N–H and O–H groups in total. The lowest BCUT2D eigenvalue weighted by Crippen LogP contribution is -2.16. The molecule has 168 valence electrons. The van der Waals surface area contributed by atoms with Gasteiger partial charge in [-0.15, -0.1) is 0 Å². The van der Waals surface area contributed by atoms with E-state index in [-0.39, 0.29) is 9.79 Å². The maximum absolute atomic E-state index is 12.4. The molecule has 2 atom stereocenters. The van der Waals surface area contributed by atoms with Crippen molar-refractivity contribution in [3.63, 3.8) is 0 Å². The van der Waals surface area contributed by atoms with Crippen LogP contribution in [0.5, 0.6) is 0 Å². The molecular formula is C22H14F6O2S2. The highest BCUT2D eigenvalue weighted by molar-refractivity contribution is 7.86. The Morgan fingerprint density at radius 2 is 0.781 bits per heavy atom. The van der Waals surface area contributed by atoms with Gasteiger partial charge in [0.05, 0.1) is 9.79 Å². The van der Waals surface area contributed by atoms with Gasteiger partial charge in [-0.05, 0) is 33.7 Å². The lowest BCUT2D eigenvalue weighted by atomic mass is 10.1. The van der Waals surface area contributed by atoms with Gasteiger partial charge in [0.2, 0.25) is 0 Å². The van der Waals surface area contributed by atoms with Crippen molar-refractivity contribution in [3.05, 3.63) is 84.9 Å². The summed E-state index contributed by atoms with van der Waals surface area (Å²) in [7, 11) is -5.95. The zero-order valence-corrected chi connectivity index (χ0v) is 17.6. The zero-order valence-electron chi connectivity index (χ0n) is 16.0. The minimum absolute atomic E-state index is 0.189. The fourth-order valence-corrected chi connectivity index (χ4v) is 4.64. The Bertz CT molecular complexity index is 1190. The van der Waals surface area contributed by atoms with E-state index in [9.17, 15) is 34.8 Å². The number of alkyl halides is 6. The second-order valence-electron chi connectivity index (χ2n) is 6.38. The summed E-state index contributed by atoms with van der Waals surface area (Å²) in [6, 6.07) is 21.9. The number of halogens is 6. The van der Waals surface area contributed by atoms with E-state index in [4.69, 9.17) is 0 Å². The van der Waals surface area contributed by atoms with Crippen molar-refractivity contribution in [2.75, 3.05) is 0 Å². The van der Waals surface area contributed by atoms with Crippen molar-refractivity contribution in [2.24, 2.45) is 0 Å². The van der Waals surface area contributed by atoms with Crippen molar-refractivity contribution in [3.8, 4) is 0 Å². The fourth-order valence-electron chi connectivity index (χ4n) is 2.96. The third kappa shape index (κ3) is 5.36. The summed E-state index contributed by atoms with van der Waals surface area (Å²) in [5.74, 6) is 0. The lowest BCUT2D eigenvalue weighted by molar-refractivity contribution is -0.0391. The van der Waals surface area contributed by atoms with Gasteiger partial charge in [-0.2, -0.15) is 26.3 Å². The summed E-state index contributed by atoms with van der Waals surface area (Å²) in [6.45, 7) is 0. The summed E-state index contributed by atoms with van der Waals surface area (Å²) >= 11 is 0. The van der Waals surface area contributed by atoms with Crippen molar-refractivity contribution >= 4 is 43.1 Å². The minimum Gasteiger partial charge on any atom is -0.245 e. The van der Waals surface area contributed by atoms with Crippen LogP contribution in [0.25, 0.3) is 21.5 Å². The van der Waals surface area contributed by atoms with E-state index >= 15 is 0 Å². The van der Waals surface area contributed by atoms with E-state index < -0.39 is 32.6 Å². The highest BCUT2D eigenvalue weighted by Gasteiger charge is 2.39. The van der Waals surface area contributed by atoms with Gasteiger partial charge >= 0.3 is 11.0 Å². The van der Waals surface area contributed by atoms with E-state index in [0.717, 1.165) is 0 Å². The van der Waals surface area contributed by atoms with Gasteiger partial charge in [0.15, 0.2) is 21.6 Å². The van der Waals surface area contributed by atoms with Crippen molar-refractivity contribution < 1.29 is 34.8 Å². The van der Waals surface area contributed by atoms with Crippen LogP contribution >= 0.6 is 0 Å². The van der Waals surface area contributed by atoms with Gasteiger partial charge in [-0.3, -0.25) is 0 Å². The van der Waals surface area contributed by atoms with Crippen LogP contribution in [0.2, 0.25) is 0 Å². The van der Waals surface area contributed by atoms with Crippen LogP contribution in [0.15, 0.2) is 94.7 Å². The van der Waals surface area contributed by atoms with E-state index in [1.54, 1.807) is 48.5 Å². The molecule has 0 aliphatic carbocycles. The topological polar surface area (TPSA) is 34.1 Å². The Morgan fingerprint density at radius 1 is 0.469 bits per heavy atom. The van der Waals surface area contributed by atoms with Crippen LogP contribution in [0.4, 0.5) is 26.3 Å². The van der Waals surface area contributed by atoms with Gasteiger partial charge in [0, 0.05) is 0 Å². The summed E-state index contributed by atoms with van der Waals surface area (Å²) < 4.78 is 96.7. The molecule has 4 aromatic carbocycles. The highest BCUT2D eigenvalue weighted by Crippen LogP contribution is 2.32. The molecule has 0 bridgehead atoms. The van der Waals surface area contributed by atoms with Gasteiger partial charge in [-0.1, -0.05) is 72.8 Å². The molecule has 2 unspecified atom stereocenters. The van der Waals surface area contributed by atoms with Crippen molar-refractivity contribution in [1.29, 1.82) is 0 Å². The Morgan fingerprint density at radius 3 is 1.12 bits per heavy atom. The summed E-state index contributed by atoms with van der Waals surface area (Å²) in [5, 5.41) is 2.05. The molecule has 2 nitrogen and oxygen atoms in total. The van der Waals surface area contributed by atoms with Crippen LogP contribution in [0.1, 0.15) is 0 Å². The largest absolute Gasteiger partial charge is 0.475 e. The molecule has 0 aliphatic rings. The van der Waals surface area contributed by atoms with Crippen LogP contribution in [-0.4, -0.2) is 19.4 Å². The van der Waals surface area contributed by atoms with E-state index in [1.807, 2.05) is 0 Å². The number of fused-ring (bicyclic) bond motifs is 2. The van der Waals surface area contributed by atoms with Gasteiger partial charge in [0.25, 0.3) is 0 Å². The predicted molar refractivity (Wildman–Crippen MR) is 113 cm³/mol. The average molecular weight is 488 g/mol. The Hall–Kier alpha value is -2.72. The Labute approximate surface area is 183 Å². The highest BCUT2D eigenvalue weighted by atomic mass is 32.2. The normalized spacial score (nSPS) is 13.9. The lowest BCUT2D eigenvalue weighted by Gasteiger charge is -2.08. The van der Waals surface area contributed by atoms with Crippen molar-refractivity contribution in [2.45, 2.75) is 20.8 Å². The summed E-state index contributed by atoms with van der Waals surface area (Å²) in [6.07, 6.45) is 0. The molecule has 0 fully saturated rings. The maximum atomic E-state index is 12.4. The predicted octanol–water partition coefficient (Wildman–Crippen LogP) is 6.93. The Kier molecular flexibility index (Phi) is 7.04. The van der Waals surface area contributed by atoms with Gasteiger partial charge in [-0.25, -0.2) is 8.42 Å². The first kappa shape index (κ1) is 23.9. The van der Waals surface area contributed by atoms with E-state index in [0.29, 0.717) is 21.5 Å². The average Bonchev–Trinajstić information content (AvgIpc) is 2.76. The van der Waals surface area contributed by atoms with Crippen LogP contribution < -0.4 is 0 Å². The quantitative estimate of drug-likeness (QED) is 0.287. The SMILES string of the molecule is O=S(c1cccc2ccccc12)C(F)(F)F.O=S(c1cccc2ccccc12)C(F)(F)F. The summed E-state index contributed by atoms with van der Waals surface area (Å²) in [5.41, 5.74) is -9.44. The molecule has 0 saturated carbocycles. The third-order valence-corrected chi connectivity index (χ3v) is 6.67. The maximum Gasteiger partial charge on any atom is 0.475 e. The van der Waals surface area contributed by atoms with Gasteiger partial charge < -0.3 is 0 Å². The number of rotatable bonds is 2. The van der Waals surface area contributed by atoms with Gasteiger partial charge in [0.1, 0.15) is 0 Å². The Balaban J connectivity index is 0.000000181. The standard InChI is InChI=1S/2C11H7F3OS/c2*12-11(13,14)16(15)10-7-3-5-8-4-1-2-6-9(8)10/h2*1-7H. The molecule has 0 aromatic heterocycles. The molecule has 0 aliphatic heterocycles. The molecule has 4 aromatic rings. The monoisotopic (exact) mass is 488 g/mol. The minimum atomic E-state index is -4.72. The van der Waals surface area contributed by atoms with Crippen LogP contribution in [0.3, 0.4) is 0 Å². The molecule has 0 radical (unpaired) electrons. The molecule has 32 heavy (non-hydrogen) atoms. The number of hydrogen-bond acceptors (Lipinski definition) is 2. The van der Waals surface area contributed by atoms with Crippen LogP contribution in [0, 0.1) is 0 Å². The molecule has 4 rings (SSSR count). The second kappa shape index (κ2) is 9.41. The number of hydrogen-bond donors (Lipinski definition) is 0. The van der Waals surface area contributed by atoms with Crippen LogP contribution in [-0.2, 0) is 21.6 Å². The molecule has 0 heterocycles. The first-order chi connectivity index (χ1) is 15.0. The first-order valence-electron chi connectivity index (χ1n) is 8.93. The molecule has 10 heteroatoms. The zero-order chi connectivity index (χ0) is 23.5. The number of benzene rings is 4. The molecule has 0 saturated heterocycles. The molecule has 0 spiro atoms. The smallest absolute Gasteiger partial charge is 0.245 e. The first-order valence-corrected chi connectivity index (χ1v) is 11.2. The molecular weight excluding hydrogens is 474 g/mol. The van der Waals surface area contributed by atoms with E-state index in [2.05, 4.69) is 0 Å². The van der Waals surface area contributed by atoms with E-state index in [1.165, 1.54) is 36.4 Å². The second-order valence-corrected chi connectivity index (χ2v) is 9.26. The third-order valence-electron chi connectivity index (χ3n) is 4.32. The summed E-state index contributed by atoms with van der Waals surface area (Å²) in [4.78, 5) is -0.379. The van der Waals surface area contributed by atoms with Crippen molar-refractivity contribution in [1.82, 2.24) is 0 Å². The molecule has 0 amide bonds. The fraction of sp³-hybridized carbons (Fsp3) is 0.0909.